The Morgan fingerprint density at radius 2 is 2.29 bits per heavy atom. The van der Waals surface area contributed by atoms with Gasteiger partial charge in [0, 0.05) is 14.1 Å². The Labute approximate surface area is 80.8 Å². The third-order valence-electron chi connectivity index (χ3n) is 1.96. The lowest BCUT2D eigenvalue weighted by Gasteiger charge is -2.02. The molecule has 74 valence electrons. The fourth-order valence-electron chi connectivity index (χ4n) is 1.18. The summed E-state index contributed by atoms with van der Waals surface area (Å²) in [5, 5.41) is 14.9. The molecule has 7 heteroatoms. The molecule has 1 N–H and O–H groups in total. The molecule has 0 fully saturated rings. The highest BCUT2D eigenvalue weighted by molar-refractivity contribution is 5.23. The molecule has 0 spiro atoms. The third-order valence-corrected chi connectivity index (χ3v) is 1.96. The Bertz CT molecular complexity index is 402. The van der Waals surface area contributed by atoms with Crippen molar-refractivity contribution in [1.29, 1.82) is 0 Å². The minimum atomic E-state index is 0.575. The molecule has 0 aromatic carbocycles. The van der Waals surface area contributed by atoms with Crippen LogP contribution in [-0.4, -0.2) is 36.6 Å². The Kier molecular flexibility index (Phi) is 2.13. The standard InChI is InChI=1S/C7H11N7/c1-8-7-12-11-6(13(7)2)3-14-5-9-4-10-14/h4-5H,3H2,1-2H3,(H,8,12). The van der Waals surface area contributed by atoms with Crippen LogP contribution >= 0.6 is 0 Å². The van der Waals surface area contributed by atoms with E-state index in [4.69, 9.17) is 0 Å². The fraction of sp³-hybridized carbons (Fsp3) is 0.429. The molecule has 0 saturated carbocycles. The highest BCUT2D eigenvalue weighted by Crippen LogP contribution is 2.04. The molecule has 2 heterocycles. The van der Waals surface area contributed by atoms with Crippen LogP contribution in [0.15, 0.2) is 12.7 Å². The number of anilines is 1. The monoisotopic (exact) mass is 193 g/mol. The predicted octanol–water partition coefficient (Wildman–Crippen LogP) is -0.503. The van der Waals surface area contributed by atoms with Crippen molar-refractivity contribution in [3.63, 3.8) is 0 Å². The smallest absolute Gasteiger partial charge is 0.224 e. The van der Waals surface area contributed by atoms with Crippen molar-refractivity contribution < 1.29 is 0 Å². The summed E-state index contributed by atoms with van der Waals surface area (Å²) in [4.78, 5) is 3.85. The van der Waals surface area contributed by atoms with Gasteiger partial charge in [0.15, 0.2) is 5.82 Å². The van der Waals surface area contributed by atoms with Crippen molar-refractivity contribution in [2.45, 2.75) is 6.54 Å². The van der Waals surface area contributed by atoms with Crippen LogP contribution in [0.3, 0.4) is 0 Å². The maximum absolute atomic E-state index is 4.02. The number of hydrogen-bond donors (Lipinski definition) is 1. The first-order chi connectivity index (χ1) is 6.81. The molecular formula is C7H11N7. The van der Waals surface area contributed by atoms with Crippen LogP contribution in [0.4, 0.5) is 5.95 Å². The second kappa shape index (κ2) is 3.44. The molecule has 0 unspecified atom stereocenters. The lowest BCUT2D eigenvalue weighted by Crippen LogP contribution is -2.07. The van der Waals surface area contributed by atoms with E-state index in [1.54, 1.807) is 11.0 Å². The summed E-state index contributed by atoms with van der Waals surface area (Å²) in [5.41, 5.74) is 0. The van der Waals surface area contributed by atoms with Crippen LogP contribution in [0, 0.1) is 0 Å². The van der Waals surface area contributed by atoms with Gasteiger partial charge in [-0.3, -0.25) is 4.57 Å². The van der Waals surface area contributed by atoms with Crippen molar-refractivity contribution in [3.8, 4) is 0 Å². The van der Waals surface area contributed by atoms with E-state index in [1.807, 2.05) is 18.7 Å². The Hall–Kier alpha value is -1.92. The fourth-order valence-corrected chi connectivity index (χ4v) is 1.18. The summed E-state index contributed by atoms with van der Waals surface area (Å²) in [7, 11) is 3.71. The summed E-state index contributed by atoms with van der Waals surface area (Å²) >= 11 is 0. The third kappa shape index (κ3) is 1.43. The highest BCUT2D eigenvalue weighted by Gasteiger charge is 2.07. The van der Waals surface area contributed by atoms with Crippen LogP contribution in [-0.2, 0) is 13.6 Å². The van der Waals surface area contributed by atoms with Crippen molar-refractivity contribution in [3.05, 3.63) is 18.5 Å². The minimum Gasteiger partial charge on any atom is -0.357 e. The normalized spacial score (nSPS) is 10.4. The van der Waals surface area contributed by atoms with Crippen LogP contribution < -0.4 is 5.32 Å². The zero-order chi connectivity index (χ0) is 9.97. The summed E-state index contributed by atoms with van der Waals surface area (Å²) in [5.74, 6) is 1.57. The zero-order valence-electron chi connectivity index (χ0n) is 8.05. The number of nitrogens with zero attached hydrogens (tertiary/aromatic N) is 6. The van der Waals surface area contributed by atoms with Crippen LogP contribution in [0.2, 0.25) is 0 Å². The second-order valence-corrected chi connectivity index (χ2v) is 2.84. The molecular weight excluding hydrogens is 182 g/mol. The molecule has 0 radical (unpaired) electrons. The van der Waals surface area contributed by atoms with Gasteiger partial charge in [0.25, 0.3) is 0 Å². The average Bonchev–Trinajstić information content (AvgIpc) is 2.79. The molecule has 0 atom stereocenters. The predicted molar refractivity (Wildman–Crippen MR) is 49.7 cm³/mol. The van der Waals surface area contributed by atoms with Gasteiger partial charge in [-0.05, 0) is 0 Å². The molecule has 0 bridgehead atoms. The molecule has 0 amide bonds. The van der Waals surface area contributed by atoms with Gasteiger partial charge in [-0.1, -0.05) is 0 Å². The summed E-state index contributed by atoms with van der Waals surface area (Å²) in [6, 6.07) is 0. The van der Waals surface area contributed by atoms with Gasteiger partial charge in [-0.25, -0.2) is 9.67 Å². The zero-order valence-corrected chi connectivity index (χ0v) is 8.05. The molecule has 14 heavy (non-hydrogen) atoms. The SMILES string of the molecule is CNc1nnc(Cn2cncn2)n1C. The van der Waals surface area contributed by atoms with Crippen LogP contribution in [0.5, 0.6) is 0 Å². The first kappa shape index (κ1) is 8.67. The summed E-state index contributed by atoms with van der Waals surface area (Å²) in [6.07, 6.45) is 3.14. The highest BCUT2D eigenvalue weighted by atomic mass is 15.4. The number of rotatable bonds is 3. The Morgan fingerprint density at radius 3 is 2.86 bits per heavy atom. The molecule has 0 saturated heterocycles. The summed E-state index contributed by atoms with van der Waals surface area (Å²) in [6.45, 7) is 0.575. The maximum Gasteiger partial charge on any atom is 0.224 e. The van der Waals surface area contributed by atoms with Gasteiger partial charge in [-0.15, -0.1) is 10.2 Å². The van der Waals surface area contributed by atoms with E-state index < -0.39 is 0 Å². The quantitative estimate of drug-likeness (QED) is 0.711. The lowest BCUT2D eigenvalue weighted by molar-refractivity contribution is 0.629. The van der Waals surface area contributed by atoms with Crippen molar-refractivity contribution in [2.75, 3.05) is 12.4 Å². The number of hydrogen-bond acceptors (Lipinski definition) is 5. The number of nitrogens with one attached hydrogen (secondary N) is 1. The van der Waals surface area contributed by atoms with Gasteiger partial charge >= 0.3 is 0 Å². The molecule has 7 nitrogen and oxygen atoms in total. The van der Waals surface area contributed by atoms with Crippen LogP contribution in [0.1, 0.15) is 5.82 Å². The van der Waals surface area contributed by atoms with Crippen molar-refractivity contribution >= 4 is 5.95 Å². The second-order valence-electron chi connectivity index (χ2n) is 2.84. The topological polar surface area (TPSA) is 73.5 Å². The first-order valence-electron chi connectivity index (χ1n) is 4.19. The summed E-state index contributed by atoms with van der Waals surface area (Å²) < 4.78 is 3.57. The van der Waals surface area contributed by atoms with E-state index >= 15 is 0 Å². The van der Waals surface area contributed by atoms with E-state index in [0.717, 1.165) is 11.8 Å². The molecule has 0 aliphatic carbocycles. The first-order valence-corrected chi connectivity index (χ1v) is 4.19. The van der Waals surface area contributed by atoms with Gasteiger partial charge in [0.1, 0.15) is 19.2 Å². The Morgan fingerprint density at radius 1 is 1.43 bits per heavy atom. The van der Waals surface area contributed by atoms with Gasteiger partial charge < -0.3 is 5.32 Å². The number of aromatic nitrogens is 6. The van der Waals surface area contributed by atoms with E-state index in [2.05, 4.69) is 25.6 Å². The van der Waals surface area contributed by atoms with Gasteiger partial charge in [0.05, 0.1) is 0 Å². The van der Waals surface area contributed by atoms with Crippen molar-refractivity contribution in [2.24, 2.45) is 7.05 Å². The molecule has 0 aliphatic heterocycles. The largest absolute Gasteiger partial charge is 0.357 e. The van der Waals surface area contributed by atoms with E-state index in [1.165, 1.54) is 6.33 Å². The van der Waals surface area contributed by atoms with E-state index in [0.29, 0.717) is 6.54 Å². The van der Waals surface area contributed by atoms with Crippen LogP contribution in [0.25, 0.3) is 0 Å². The van der Waals surface area contributed by atoms with Crippen molar-refractivity contribution in [1.82, 2.24) is 29.5 Å². The van der Waals surface area contributed by atoms with E-state index in [9.17, 15) is 0 Å². The molecule has 2 aromatic heterocycles. The van der Waals surface area contributed by atoms with E-state index in [-0.39, 0.29) is 0 Å². The molecule has 0 aliphatic rings. The molecule has 2 aromatic rings. The van der Waals surface area contributed by atoms with Gasteiger partial charge in [0.2, 0.25) is 5.95 Å². The lowest BCUT2D eigenvalue weighted by atomic mass is 10.6. The molecule has 2 rings (SSSR count). The van der Waals surface area contributed by atoms with Gasteiger partial charge in [-0.2, -0.15) is 5.10 Å². The average molecular weight is 193 g/mol. The minimum absolute atomic E-state index is 0.575. The Balaban J connectivity index is 2.21. The maximum atomic E-state index is 4.02.